The molecule has 1 atom stereocenters. The lowest BCUT2D eigenvalue weighted by Gasteiger charge is -2.40. The summed E-state index contributed by atoms with van der Waals surface area (Å²) in [4.78, 5) is 17.4. The van der Waals surface area contributed by atoms with Gasteiger partial charge in [0.15, 0.2) is 0 Å². The monoisotopic (exact) mass is 537 g/mol. The summed E-state index contributed by atoms with van der Waals surface area (Å²) in [7, 11) is 1.85. The number of rotatable bonds is 7. The van der Waals surface area contributed by atoms with Gasteiger partial charge in [0.1, 0.15) is 0 Å². The number of likely N-dealkylation sites (tertiary alicyclic amines) is 1. The Morgan fingerprint density at radius 3 is 2.51 bits per heavy atom. The van der Waals surface area contributed by atoms with Crippen molar-refractivity contribution in [2.45, 2.75) is 37.4 Å². The largest absolute Gasteiger partial charge is 0.399 e. The van der Waals surface area contributed by atoms with E-state index >= 15 is 0 Å². The highest BCUT2D eigenvalue weighted by atomic mass is 35.5. The maximum absolute atomic E-state index is 13.1. The fourth-order valence-corrected chi connectivity index (χ4v) is 5.97. The number of ether oxygens (including phenoxy) is 1. The minimum absolute atomic E-state index is 0.0259. The van der Waals surface area contributed by atoms with E-state index in [2.05, 4.69) is 29.2 Å². The summed E-state index contributed by atoms with van der Waals surface area (Å²) >= 11 is 12.6. The fraction of sp³-hybridized carbons (Fsp3) is 0.367. The van der Waals surface area contributed by atoms with Crippen molar-refractivity contribution in [1.29, 1.82) is 0 Å². The number of carbonyl (C=O) groups excluding carboxylic acids is 1. The van der Waals surface area contributed by atoms with Crippen molar-refractivity contribution in [3.63, 3.8) is 0 Å². The summed E-state index contributed by atoms with van der Waals surface area (Å²) in [6.45, 7) is 4.21. The van der Waals surface area contributed by atoms with Crippen molar-refractivity contribution < 1.29 is 9.53 Å². The summed E-state index contributed by atoms with van der Waals surface area (Å²) in [5.41, 5.74) is 10.7. The number of anilines is 1. The molecule has 1 spiro atoms. The van der Waals surface area contributed by atoms with Gasteiger partial charge in [0.05, 0.1) is 22.3 Å². The number of piperidine rings is 1. The van der Waals surface area contributed by atoms with Crippen LogP contribution in [-0.4, -0.2) is 48.9 Å². The third kappa shape index (κ3) is 5.65. The van der Waals surface area contributed by atoms with Crippen molar-refractivity contribution in [1.82, 2.24) is 9.80 Å². The van der Waals surface area contributed by atoms with Crippen LogP contribution in [0.4, 0.5) is 5.69 Å². The standard InChI is InChI=1S/C30H33Cl2N3O2/c1-34(29(36)21-6-9-25(33)10-7-21)19-23(22-8-11-27(31)28(32)18-22)12-15-35-16-13-30(14-17-35)26-5-3-2-4-24(26)20-37-30/h2-11,18,23H,12-17,19-20,33H2,1H3. The van der Waals surface area contributed by atoms with Crippen LogP contribution >= 0.6 is 23.2 Å². The van der Waals surface area contributed by atoms with E-state index in [0.717, 1.165) is 44.5 Å². The number of fused-ring (bicyclic) bond motifs is 2. The lowest BCUT2D eigenvalue weighted by Crippen LogP contribution is -2.43. The van der Waals surface area contributed by atoms with Gasteiger partial charge < -0.3 is 20.3 Å². The van der Waals surface area contributed by atoms with Gasteiger partial charge >= 0.3 is 0 Å². The van der Waals surface area contributed by atoms with E-state index in [1.54, 1.807) is 29.2 Å². The normalized spacial score (nSPS) is 17.5. The van der Waals surface area contributed by atoms with Gasteiger partial charge in [0, 0.05) is 43.9 Å². The number of amides is 1. The second-order valence-electron chi connectivity index (χ2n) is 10.2. The zero-order chi connectivity index (χ0) is 26.0. The van der Waals surface area contributed by atoms with Crippen LogP contribution in [-0.2, 0) is 16.9 Å². The first-order valence-electron chi connectivity index (χ1n) is 12.9. The van der Waals surface area contributed by atoms with Crippen LogP contribution in [0.5, 0.6) is 0 Å². The highest BCUT2D eigenvalue weighted by Gasteiger charge is 2.42. The Bertz CT molecular complexity index is 1260. The van der Waals surface area contributed by atoms with Crippen LogP contribution in [0.2, 0.25) is 10.0 Å². The maximum atomic E-state index is 13.1. The molecule has 1 fully saturated rings. The van der Waals surface area contributed by atoms with Crippen molar-refractivity contribution in [3.05, 3.63) is 99.0 Å². The minimum atomic E-state index is -0.137. The zero-order valence-electron chi connectivity index (χ0n) is 21.1. The number of nitrogens with zero attached hydrogens (tertiary/aromatic N) is 2. The third-order valence-electron chi connectivity index (χ3n) is 7.88. The van der Waals surface area contributed by atoms with Gasteiger partial charge in [-0.1, -0.05) is 53.5 Å². The van der Waals surface area contributed by atoms with Gasteiger partial charge in [-0.2, -0.15) is 0 Å². The van der Waals surface area contributed by atoms with Crippen molar-refractivity contribution in [3.8, 4) is 0 Å². The molecule has 0 aromatic heterocycles. The maximum Gasteiger partial charge on any atom is 0.253 e. The van der Waals surface area contributed by atoms with E-state index in [-0.39, 0.29) is 17.4 Å². The molecule has 1 saturated heterocycles. The number of hydrogen-bond donors (Lipinski definition) is 1. The van der Waals surface area contributed by atoms with Gasteiger partial charge in [0.2, 0.25) is 0 Å². The van der Waals surface area contributed by atoms with Gasteiger partial charge in [0.25, 0.3) is 5.91 Å². The number of likely N-dealkylation sites (N-methyl/N-ethyl adjacent to an activating group) is 1. The lowest BCUT2D eigenvalue weighted by molar-refractivity contribution is -0.0790. The van der Waals surface area contributed by atoms with Gasteiger partial charge in [-0.3, -0.25) is 4.79 Å². The molecule has 5 nitrogen and oxygen atoms in total. The summed E-state index contributed by atoms with van der Waals surface area (Å²) in [6, 6.07) is 21.5. The molecule has 3 aromatic rings. The van der Waals surface area contributed by atoms with Gasteiger partial charge in [-0.05, 0) is 78.9 Å². The predicted molar refractivity (Wildman–Crippen MR) is 150 cm³/mol. The lowest BCUT2D eigenvalue weighted by atomic mass is 9.83. The summed E-state index contributed by atoms with van der Waals surface area (Å²) < 4.78 is 6.34. The summed E-state index contributed by atoms with van der Waals surface area (Å²) in [5.74, 6) is 0.0962. The van der Waals surface area contributed by atoms with E-state index in [9.17, 15) is 4.79 Å². The number of nitrogen functional groups attached to an aromatic ring is 1. The Morgan fingerprint density at radius 1 is 1.05 bits per heavy atom. The second kappa shape index (κ2) is 11.0. The van der Waals surface area contributed by atoms with E-state index in [4.69, 9.17) is 33.7 Å². The Morgan fingerprint density at radius 2 is 1.78 bits per heavy atom. The van der Waals surface area contributed by atoms with Crippen LogP contribution in [0.25, 0.3) is 0 Å². The molecule has 2 N–H and O–H groups in total. The number of nitrogens with two attached hydrogens (primary N) is 1. The van der Waals surface area contributed by atoms with Crippen LogP contribution < -0.4 is 5.73 Å². The average molecular weight is 539 g/mol. The molecule has 2 aliphatic heterocycles. The second-order valence-corrected chi connectivity index (χ2v) is 11.1. The molecular weight excluding hydrogens is 505 g/mol. The number of benzene rings is 3. The molecule has 194 valence electrons. The van der Waals surface area contributed by atoms with Crippen molar-refractivity contribution >= 4 is 34.8 Å². The van der Waals surface area contributed by atoms with Crippen LogP contribution in [0.1, 0.15) is 52.2 Å². The summed E-state index contributed by atoms with van der Waals surface area (Å²) in [6.07, 6.45) is 2.90. The Hall–Kier alpha value is -2.57. The molecule has 2 aliphatic rings. The topological polar surface area (TPSA) is 58.8 Å². The molecule has 1 amide bonds. The average Bonchev–Trinajstić information content (AvgIpc) is 3.27. The number of hydrogen-bond acceptors (Lipinski definition) is 4. The molecule has 0 saturated carbocycles. The van der Waals surface area contributed by atoms with Gasteiger partial charge in [-0.15, -0.1) is 0 Å². The van der Waals surface area contributed by atoms with Crippen molar-refractivity contribution in [2.75, 3.05) is 39.0 Å². The Kier molecular flexibility index (Phi) is 7.77. The number of carbonyl (C=O) groups is 1. The predicted octanol–water partition coefficient (Wildman–Crippen LogP) is 6.34. The Labute approximate surface area is 229 Å². The first-order valence-corrected chi connectivity index (χ1v) is 13.6. The molecule has 0 bridgehead atoms. The molecule has 3 aromatic carbocycles. The third-order valence-corrected chi connectivity index (χ3v) is 8.62. The van der Waals surface area contributed by atoms with Crippen molar-refractivity contribution in [2.24, 2.45) is 0 Å². The Balaban J connectivity index is 1.25. The molecule has 0 radical (unpaired) electrons. The van der Waals surface area contributed by atoms with E-state index in [1.807, 2.05) is 25.2 Å². The van der Waals surface area contributed by atoms with Crippen LogP contribution in [0.15, 0.2) is 66.7 Å². The number of halogens is 2. The SMILES string of the molecule is CN(CC(CCN1CCC2(CC1)OCc1ccccc12)c1ccc(Cl)c(Cl)c1)C(=O)c1ccc(N)cc1. The van der Waals surface area contributed by atoms with Crippen LogP contribution in [0, 0.1) is 0 Å². The summed E-state index contributed by atoms with van der Waals surface area (Å²) in [5, 5.41) is 1.07. The first kappa shape index (κ1) is 26.1. The van der Waals surface area contributed by atoms with Crippen LogP contribution in [0.3, 0.4) is 0 Å². The quantitative estimate of drug-likeness (QED) is 0.357. The molecule has 37 heavy (non-hydrogen) atoms. The zero-order valence-corrected chi connectivity index (χ0v) is 22.6. The molecule has 2 heterocycles. The highest BCUT2D eigenvalue weighted by molar-refractivity contribution is 6.42. The fourth-order valence-electron chi connectivity index (χ4n) is 5.66. The molecular formula is C30H33Cl2N3O2. The van der Waals surface area contributed by atoms with E-state index in [0.29, 0.717) is 34.4 Å². The van der Waals surface area contributed by atoms with E-state index in [1.165, 1.54) is 11.1 Å². The first-order chi connectivity index (χ1) is 17.8. The van der Waals surface area contributed by atoms with Gasteiger partial charge in [-0.25, -0.2) is 0 Å². The minimum Gasteiger partial charge on any atom is -0.399 e. The molecule has 1 unspecified atom stereocenters. The molecule has 0 aliphatic carbocycles. The molecule has 7 heteroatoms. The molecule has 5 rings (SSSR count). The van der Waals surface area contributed by atoms with E-state index < -0.39 is 0 Å². The smallest absolute Gasteiger partial charge is 0.253 e. The highest BCUT2D eigenvalue weighted by Crippen LogP contribution is 2.44.